The highest BCUT2D eigenvalue weighted by Crippen LogP contribution is 2.16. The summed E-state index contributed by atoms with van der Waals surface area (Å²) in [5.41, 5.74) is 0.292. The summed E-state index contributed by atoms with van der Waals surface area (Å²) in [6, 6.07) is 8.04. The van der Waals surface area contributed by atoms with E-state index in [2.05, 4.69) is 20.3 Å². The van der Waals surface area contributed by atoms with Crippen molar-refractivity contribution in [3.05, 3.63) is 48.4 Å². The van der Waals surface area contributed by atoms with Crippen LogP contribution in [-0.4, -0.2) is 38.7 Å². The molecule has 2 aromatic rings. The van der Waals surface area contributed by atoms with Gasteiger partial charge in [-0.15, -0.1) is 0 Å². The van der Waals surface area contributed by atoms with Crippen molar-refractivity contribution in [1.29, 1.82) is 0 Å². The van der Waals surface area contributed by atoms with E-state index in [1.165, 1.54) is 37.5 Å². The third-order valence-electron chi connectivity index (χ3n) is 4.02. The van der Waals surface area contributed by atoms with Crippen LogP contribution in [0.2, 0.25) is 0 Å². The van der Waals surface area contributed by atoms with E-state index in [-0.39, 0.29) is 10.7 Å². The molecule has 9 nitrogen and oxygen atoms in total. The van der Waals surface area contributed by atoms with Crippen molar-refractivity contribution in [2.75, 3.05) is 11.9 Å². The van der Waals surface area contributed by atoms with E-state index in [9.17, 15) is 18.0 Å². The van der Waals surface area contributed by atoms with E-state index in [1.807, 2.05) is 0 Å². The average molecular weight is 404 g/mol. The first-order valence-corrected chi connectivity index (χ1v) is 10.1. The molecule has 0 saturated heterocycles. The number of amides is 2. The van der Waals surface area contributed by atoms with Gasteiger partial charge in [-0.1, -0.05) is 6.07 Å². The molecule has 0 saturated carbocycles. The Morgan fingerprint density at radius 3 is 2.71 bits per heavy atom. The number of furan rings is 1. The number of benzene rings is 1. The molecule has 0 aliphatic carbocycles. The molecule has 3 N–H and O–H groups in total. The van der Waals surface area contributed by atoms with Gasteiger partial charge in [0.05, 0.1) is 11.2 Å². The van der Waals surface area contributed by atoms with Gasteiger partial charge in [-0.2, -0.15) is 0 Å². The fourth-order valence-corrected chi connectivity index (χ4v) is 3.70. The van der Waals surface area contributed by atoms with Crippen LogP contribution < -0.4 is 15.4 Å². The Kier molecular flexibility index (Phi) is 5.78. The number of carbonyl (C=O) groups excluding carboxylic acids is 2. The van der Waals surface area contributed by atoms with Crippen LogP contribution in [0.1, 0.15) is 30.3 Å². The van der Waals surface area contributed by atoms with Crippen molar-refractivity contribution in [3.8, 4) is 0 Å². The number of amidine groups is 1. The molecule has 0 bridgehead atoms. The van der Waals surface area contributed by atoms with Gasteiger partial charge >= 0.3 is 0 Å². The van der Waals surface area contributed by atoms with E-state index in [1.54, 1.807) is 12.1 Å². The minimum absolute atomic E-state index is 0.00664. The number of anilines is 1. The molecule has 1 aromatic heterocycles. The standard InChI is InChI=1S/C18H20N4O5S/c1-12(20-18(24)15-7-4-10-27-15)17(23)21-13-5-2-6-14(11-13)28(25,26)22-16-8-3-9-19-16/h2,4-7,10-12H,3,8-9H2,1H3,(H,19,22)(H,20,24)(H,21,23). The Morgan fingerprint density at radius 1 is 1.21 bits per heavy atom. The highest BCUT2D eigenvalue weighted by Gasteiger charge is 2.21. The number of hydrogen-bond donors (Lipinski definition) is 3. The van der Waals surface area contributed by atoms with Crippen molar-refractivity contribution in [3.63, 3.8) is 0 Å². The average Bonchev–Trinajstić information content (AvgIpc) is 3.35. The molecule has 0 fully saturated rings. The molecule has 10 heteroatoms. The zero-order chi connectivity index (χ0) is 20.1. The maximum atomic E-state index is 12.5. The predicted molar refractivity (Wildman–Crippen MR) is 103 cm³/mol. The van der Waals surface area contributed by atoms with E-state index in [0.29, 0.717) is 24.5 Å². The quantitative estimate of drug-likeness (QED) is 0.672. The highest BCUT2D eigenvalue weighted by atomic mass is 32.2. The Hall–Kier alpha value is -3.14. The second-order valence-corrected chi connectivity index (χ2v) is 7.91. The molecule has 148 valence electrons. The van der Waals surface area contributed by atoms with Crippen molar-refractivity contribution < 1.29 is 22.4 Å². The first-order chi connectivity index (χ1) is 13.3. The minimum atomic E-state index is -3.79. The zero-order valence-electron chi connectivity index (χ0n) is 15.1. The van der Waals surface area contributed by atoms with Crippen LogP contribution in [0.4, 0.5) is 5.69 Å². The topological polar surface area (TPSA) is 130 Å². The fraction of sp³-hybridized carbons (Fsp3) is 0.278. The highest BCUT2D eigenvalue weighted by molar-refractivity contribution is 7.90. The van der Waals surface area contributed by atoms with E-state index in [0.717, 1.165) is 6.42 Å². The van der Waals surface area contributed by atoms with Crippen molar-refractivity contribution in [2.45, 2.75) is 30.7 Å². The van der Waals surface area contributed by atoms with Gasteiger partial charge in [-0.3, -0.25) is 19.3 Å². The van der Waals surface area contributed by atoms with Gasteiger partial charge < -0.3 is 15.1 Å². The smallest absolute Gasteiger partial charge is 0.287 e. The van der Waals surface area contributed by atoms with Crippen LogP contribution in [-0.2, 0) is 14.8 Å². The Morgan fingerprint density at radius 2 is 2.04 bits per heavy atom. The van der Waals surface area contributed by atoms with Gasteiger partial charge in [-0.25, -0.2) is 8.42 Å². The number of rotatable bonds is 6. The molecular weight excluding hydrogens is 384 g/mol. The molecule has 1 aliphatic heterocycles. The first-order valence-electron chi connectivity index (χ1n) is 8.66. The SMILES string of the molecule is CC(NC(=O)c1ccco1)C(=O)Nc1cccc(S(=O)(=O)NC2=NCCC2)c1. The number of hydrogen-bond acceptors (Lipinski definition) is 6. The largest absolute Gasteiger partial charge is 0.459 e. The first kappa shape index (κ1) is 19.6. The number of carbonyl (C=O) groups is 2. The van der Waals surface area contributed by atoms with E-state index >= 15 is 0 Å². The molecular formula is C18H20N4O5S. The van der Waals surface area contributed by atoms with Gasteiger partial charge in [-0.05, 0) is 43.7 Å². The second kappa shape index (κ2) is 8.26. The summed E-state index contributed by atoms with van der Waals surface area (Å²) in [5, 5.41) is 5.10. The number of nitrogens with one attached hydrogen (secondary N) is 3. The van der Waals surface area contributed by atoms with Crippen LogP contribution in [0.5, 0.6) is 0 Å². The third kappa shape index (κ3) is 4.77. The molecule has 1 aliphatic rings. The van der Waals surface area contributed by atoms with Crippen LogP contribution in [0, 0.1) is 0 Å². The molecule has 0 spiro atoms. The summed E-state index contributed by atoms with van der Waals surface area (Å²) in [6.45, 7) is 2.12. The van der Waals surface area contributed by atoms with Crippen LogP contribution in [0.3, 0.4) is 0 Å². The Balaban J connectivity index is 1.65. The maximum Gasteiger partial charge on any atom is 0.287 e. The zero-order valence-corrected chi connectivity index (χ0v) is 16.0. The van der Waals surface area contributed by atoms with Crippen molar-refractivity contribution in [2.24, 2.45) is 4.99 Å². The van der Waals surface area contributed by atoms with E-state index in [4.69, 9.17) is 4.42 Å². The van der Waals surface area contributed by atoms with Crippen LogP contribution in [0.25, 0.3) is 0 Å². The molecule has 1 aromatic carbocycles. The molecule has 2 heterocycles. The Labute approximate surface area is 162 Å². The summed E-state index contributed by atoms with van der Waals surface area (Å²) in [7, 11) is -3.79. The third-order valence-corrected chi connectivity index (χ3v) is 5.40. The van der Waals surface area contributed by atoms with Gasteiger partial charge in [0, 0.05) is 18.7 Å². The molecule has 2 amide bonds. The summed E-state index contributed by atoms with van der Waals surface area (Å²) in [4.78, 5) is 28.4. The maximum absolute atomic E-state index is 12.5. The molecule has 1 unspecified atom stereocenters. The summed E-state index contributed by atoms with van der Waals surface area (Å²) >= 11 is 0. The number of aliphatic imine (C=N–C) groups is 1. The van der Waals surface area contributed by atoms with Gasteiger partial charge in [0.1, 0.15) is 11.9 Å². The summed E-state index contributed by atoms with van der Waals surface area (Å²) in [6.07, 6.45) is 2.76. The predicted octanol–water partition coefficient (Wildman–Crippen LogP) is 1.51. The number of sulfonamides is 1. The monoisotopic (exact) mass is 404 g/mol. The fourth-order valence-electron chi connectivity index (χ4n) is 2.57. The van der Waals surface area contributed by atoms with Gasteiger partial charge in [0.15, 0.2) is 5.76 Å². The molecule has 0 radical (unpaired) electrons. The minimum Gasteiger partial charge on any atom is -0.459 e. The lowest BCUT2D eigenvalue weighted by molar-refractivity contribution is -0.117. The summed E-state index contributed by atoms with van der Waals surface area (Å²) in [5.74, 6) is -0.495. The molecule has 1 atom stereocenters. The normalized spacial score (nSPS) is 14.8. The summed E-state index contributed by atoms with van der Waals surface area (Å²) < 4.78 is 32.4. The number of nitrogens with zero attached hydrogens (tertiary/aromatic N) is 1. The van der Waals surface area contributed by atoms with Gasteiger partial charge in [0.25, 0.3) is 15.9 Å². The lowest BCUT2D eigenvalue weighted by Crippen LogP contribution is -2.41. The van der Waals surface area contributed by atoms with Crippen molar-refractivity contribution >= 4 is 33.4 Å². The second-order valence-electron chi connectivity index (χ2n) is 6.23. The lowest BCUT2D eigenvalue weighted by atomic mass is 10.2. The van der Waals surface area contributed by atoms with Crippen LogP contribution in [0.15, 0.2) is 57.0 Å². The van der Waals surface area contributed by atoms with Crippen molar-refractivity contribution in [1.82, 2.24) is 10.0 Å². The Bertz CT molecular complexity index is 999. The molecule has 3 rings (SSSR count). The lowest BCUT2D eigenvalue weighted by Gasteiger charge is -2.14. The van der Waals surface area contributed by atoms with Gasteiger partial charge in [0.2, 0.25) is 5.91 Å². The van der Waals surface area contributed by atoms with E-state index < -0.39 is 27.9 Å². The van der Waals surface area contributed by atoms with Crippen LogP contribution >= 0.6 is 0 Å². The molecule has 28 heavy (non-hydrogen) atoms.